The molecule has 29 heavy (non-hydrogen) atoms. The molecule has 0 spiro atoms. The predicted octanol–water partition coefficient (Wildman–Crippen LogP) is 3.50. The molecule has 2 aromatic heterocycles. The van der Waals surface area contributed by atoms with E-state index in [2.05, 4.69) is 16.4 Å². The first kappa shape index (κ1) is 19.3. The van der Waals surface area contributed by atoms with E-state index in [9.17, 15) is 4.79 Å². The molecule has 0 aromatic carbocycles. The second kappa shape index (κ2) is 8.15. The molecule has 0 atom stereocenters. The molecule has 1 aliphatic heterocycles. The minimum Gasteiger partial charge on any atom is -0.350 e. The number of nitrogens with zero attached hydrogens (tertiary/aromatic N) is 4. The first-order valence-corrected chi connectivity index (χ1v) is 9.68. The van der Waals surface area contributed by atoms with E-state index in [1.54, 1.807) is 31.3 Å². The normalized spacial score (nSPS) is 15.7. The Hall–Kier alpha value is -3.02. The summed E-state index contributed by atoms with van der Waals surface area (Å²) >= 11 is 0. The van der Waals surface area contributed by atoms with Gasteiger partial charge < -0.3 is 9.47 Å². The van der Waals surface area contributed by atoms with Crippen molar-refractivity contribution in [3.63, 3.8) is 0 Å². The minimum absolute atomic E-state index is 0.299. The number of rotatable bonds is 5. The monoisotopic (exact) mass is 393 g/mol. The van der Waals surface area contributed by atoms with E-state index in [0.717, 1.165) is 42.5 Å². The number of nitriles is 1. The fourth-order valence-electron chi connectivity index (χ4n) is 3.67. The number of amides is 2. The standard InChI is InChI=1S/C21H23N5O3/c1-28-20(29-2)18-16(14-6-7-14)10-15-4-3-9-26(19(15)25-18)21(27)24-17-8-5-13(11-22)12-23-17/h5,8,10,12,14,20H,3-4,6-7,9H2,1-2H3,(H,23,24,27). The van der Waals surface area contributed by atoms with Crippen molar-refractivity contribution in [2.45, 2.75) is 37.9 Å². The van der Waals surface area contributed by atoms with Crippen LogP contribution < -0.4 is 10.2 Å². The molecule has 2 aliphatic rings. The number of aryl methyl sites for hydroxylation is 1. The maximum Gasteiger partial charge on any atom is 0.328 e. The predicted molar refractivity (Wildman–Crippen MR) is 107 cm³/mol. The summed E-state index contributed by atoms with van der Waals surface area (Å²) in [6.07, 6.45) is 4.89. The van der Waals surface area contributed by atoms with Crippen LogP contribution in [0.15, 0.2) is 24.4 Å². The number of nitrogens with one attached hydrogen (secondary N) is 1. The van der Waals surface area contributed by atoms with Gasteiger partial charge >= 0.3 is 6.03 Å². The van der Waals surface area contributed by atoms with Gasteiger partial charge in [0.2, 0.25) is 6.29 Å². The van der Waals surface area contributed by atoms with Crippen LogP contribution in [0.4, 0.5) is 16.4 Å². The van der Waals surface area contributed by atoms with Gasteiger partial charge in [-0.3, -0.25) is 10.2 Å². The molecule has 1 saturated carbocycles. The minimum atomic E-state index is -0.567. The third kappa shape index (κ3) is 3.92. The van der Waals surface area contributed by atoms with Gasteiger partial charge in [0.15, 0.2) is 0 Å². The molecule has 4 rings (SSSR count). The maximum atomic E-state index is 12.9. The highest BCUT2D eigenvalue weighted by molar-refractivity contribution is 6.01. The Morgan fingerprint density at radius 1 is 1.34 bits per heavy atom. The third-order valence-corrected chi connectivity index (χ3v) is 5.26. The average Bonchev–Trinajstić information content (AvgIpc) is 3.59. The van der Waals surface area contributed by atoms with Crippen molar-refractivity contribution in [3.8, 4) is 6.07 Å². The van der Waals surface area contributed by atoms with Crippen LogP contribution in [0, 0.1) is 11.3 Å². The Kier molecular flexibility index (Phi) is 5.43. The van der Waals surface area contributed by atoms with Crippen LogP contribution in [0.25, 0.3) is 0 Å². The Morgan fingerprint density at radius 3 is 2.76 bits per heavy atom. The highest BCUT2D eigenvalue weighted by atomic mass is 16.7. The summed E-state index contributed by atoms with van der Waals surface area (Å²) in [4.78, 5) is 23.5. The van der Waals surface area contributed by atoms with Gasteiger partial charge in [0.1, 0.15) is 23.4 Å². The Labute approximate surface area is 169 Å². The van der Waals surface area contributed by atoms with Gasteiger partial charge in [-0.1, -0.05) is 0 Å². The highest BCUT2D eigenvalue weighted by Gasteiger charge is 2.33. The fraction of sp³-hybridized carbons (Fsp3) is 0.429. The molecule has 3 heterocycles. The number of pyridine rings is 2. The van der Waals surface area contributed by atoms with Gasteiger partial charge in [0.25, 0.3) is 0 Å². The smallest absolute Gasteiger partial charge is 0.328 e. The zero-order valence-electron chi connectivity index (χ0n) is 16.5. The lowest BCUT2D eigenvalue weighted by molar-refractivity contribution is -0.109. The summed E-state index contributed by atoms with van der Waals surface area (Å²) in [6.45, 7) is 0.564. The van der Waals surface area contributed by atoms with Crippen LogP contribution >= 0.6 is 0 Å². The molecule has 2 aromatic rings. The number of aromatic nitrogens is 2. The van der Waals surface area contributed by atoms with Crippen LogP contribution in [0.2, 0.25) is 0 Å². The topological polar surface area (TPSA) is 100 Å². The molecular formula is C21H23N5O3. The second-order valence-corrected chi connectivity index (χ2v) is 7.25. The third-order valence-electron chi connectivity index (χ3n) is 5.26. The van der Waals surface area contributed by atoms with Gasteiger partial charge in [-0.05, 0) is 60.9 Å². The summed E-state index contributed by atoms with van der Waals surface area (Å²) in [5, 5.41) is 11.7. The molecule has 8 nitrogen and oxygen atoms in total. The quantitative estimate of drug-likeness (QED) is 0.781. The lowest BCUT2D eigenvalue weighted by atomic mass is 9.99. The molecule has 1 aliphatic carbocycles. The molecule has 1 fully saturated rings. The number of anilines is 2. The first-order valence-electron chi connectivity index (χ1n) is 9.68. The van der Waals surface area contributed by atoms with Crippen LogP contribution in [0.1, 0.15) is 53.9 Å². The van der Waals surface area contributed by atoms with Crippen LogP contribution in [-0.4, -0.2) is 36.8 Å². The number of urea groups is 1. The molecular weight excluding hydrogens is 370 g/mol. The van der Waals surface area contributed by atoms with Gasteiger partial charge in [-0.25, -0.2) is 14.8 Å². The molecule has 0 unspecified atom stereocenters. The van der Waals surface area contributed by atoms with Crippen molar-refractivity contribution >= 4 is 17.7 Å². The molecule has 1 N–H and O–H groups in total. The van der Waals surface area contributed by atoms with Crippen molar-refractivity contribution in [1.82, 2.24) is 9.97 Å². The largest absolute Gasteiger partial charge is 0.350 e. The zero-order valence-corrected chi connectivity index (χ0v) is 16.5. The molecule has 150 valence electrons. The summed E-state index contributed by atoms with van der Waals surface area (Å²) in [6, 6.07) is 7.11. The van der Waals surface area contributed by atoms with E-state index in [0.29, 0.717) is 29.7 Å². The molecule has 0 saturated heterocycles. The van der Waals surface area contributed by atoms with Crippen LogP contribution in [0.5, 0.6) is 0 Å². The summed E-state index contributed by atoms with van der Waals surface area (Å²) in [5.74, 6) is 1.52. The zero-order chi connectivity index (χ0) is 20.4. The Bertz CT molecular complexity index is 946. The highest BCUT2D eigenvalue weighted by Crippen LogP contribution is 2.45. The number of fused-ring (bicyclic) bond motifs is 1. The lowest BCUT2D eigenvalue weighted by Crippen LogP contribution is -2.40. The van der Waals surface area contributed by atoms with E-state index >= 15 is 0 Å². The average molecular weight is 393 g/mol. The van der Waals surface area contributed by atoms with E-state index in [4.69, 9.17) is 19.7 Å². The van der Waals surface area contributed by atoms with Crippen LogP contribution in [-0.2, 0) is 15.9 Å². The van der Waals surface area contributed by atoms with Crippen molar-refractivity contribution < 1.29 is 14.3 Å². The number of methoxy groups -OCH3 is 2. The van der Waals surface area contributed by atoms with Crippen molar-refractivity contribution in [2.24, 2.45) is 0 Å². The van der Waals surface area contributed by atoms with Gasteiger partial charge in [-0.15, -0.1) is 0 Å². The van der Waals surface area contributed by atoms with E-state index < -0.39 is 6.29 Å². The summed E-state index contributed by atoms with van der Waals surface area (Å²) in [7, 11) is 3.18. The van der Waals surface area contributed by atoms with Crippen molar-refractivity contribution in [1.29, 1.82) is 5.26 Å². The SMILES string of the molecule is COC(OC)c1nc2c(cc1C1CC1)CCCN2C(=O)Nc1ccc(C#N)cn1. The number of carbonyl (C=O) groups is 1. The van der Waals surface area contributed by atoms with Gasteiger partial charge in [-0.2, -0.15) is 5.26 Å². The van der Waals surface area contributed by atoms with E-state index in [1.165, 1.54) is 6.20 Å². The maximum absolute atomic E-state index is 12.9. The number of carbonyl (C=O) groups excluding carboxylic acids is 1. The summed E-state index contributed by atoms with van der Waals surface area (Å²) in [5.41, 5.74) is 3.41. The van der Waals surface area contributed by atoms with Crippen molar-refractivity contribution in [2.75, 3.05) is 31.0 Å². The fourth-order valence-corrected chi connectivity index (χ4v) is 3.67. The Balaban J connectivity index is 1.64. The summed E-state index contributed by atoms with van der Waals surface area (Å²) < 4.78 is 10.9. The van der Waals surface area contributed by atoms with E-state index in [1.807, 2.05) is 6.07 Å². The van der Waals surface area contributed by atoms with Gasteiger partial charge in [0, 0.05) is 27.0 Å². The number of hydrogen-bond donors (Lipinski definition) is 1. The molecule has 8 heteroatoms. The van der Waals surface area contributed by atoms with Gasteiger partial charge in [0.05, 0.1) is 5.56 Å². The van der Waals surface area contributed by atoms with E-state index in [-0.39, 0.29) is 6.03 Å². The Morgan fingerprint density at radius 2 is 2.14 bits per heavy atom. The van der Waals surface area contributed by atoms with Crippen molar-refractivity contribution in [3.05, 3.63) is 46.8 Å². The van der Waals surface area contributed by atoms with Crippen LogP contribution in [0.3, 0.4) is 0 Å². The first-order chi connectivity index (χ1) is 14.1. The lowest BCUT2D eigenvalue weighted by Gasteiger charge is -2.30. The molecule has 0 radical (unpaired) electrons. The molecule has 0 bridgehead atoms. The molecule has 2 amide bonds. The second-order valence-electron chi connectivity index (χ2n) is 7.25. The number of hydrogen-bond acceptors (Lipinski definition) is 6. The number of ether oxygens (including phenoxy) is 2.